The smallest absolute Gasteiger partial charge is 0.0867 e. The summed E-state index contributed by atoms with van der Waals surface area (Å²) in [5.41, 5.74) is 4.74. The molecule has 72 valence electrons. The highest BCUT2D eigenvalue weighted by Crippen LogP contribution is 2.27. The summed E-state index contributed by atoms with van der Waals surface area (Å²) in [5, 5.41) is 9.73. The lowest BCUT2D eigenvalue weighted by Gasteiger charge is -2.29. The number of nitrogens with zero attached hydrogens (tertiary/aromatic N) is 1. The predicted molar refractivity (Wildman–Crippen MR) is 49.9 cm³/mol. The monoisotopic (exact) mass is 172 g/mol. The molecule has 0 aromatic rings. The van der Waals surface area contributed by atoms with Crippen molar-refractivity contribution in [3.05, 3.63) is 0 Å². The third kappa shape index (κ3) is 2.73. The van der Waals surface area contributed by atoms with Crippen molar-refractivity contribution in [3.8, 4) is 0 Å². The molecule has 0 saturated heterocycles. The van der Waals surface area contributed by atoms with E-state index in [0.717, 1.165) is 6.54 Å². The third-order valence-electron chi connectivity index (χ3n) is 2.45. The SMILES string of the molecule is CCN(CC(C)(O)CN)C1CC1. The Kier molecular flexibility index (Phi) is 3.09. The molecule has 0 bridgehead atoms. The Balaban J connectivity index is 2.35. The van der Waals surface area contributed by atoms with E-state index < -0.39 is 5.60 Å². The minimum atomic E-state index is -0.710. The molecule has 3 N–H and O–H groups in total. The number of likely N-dealkylation sites (N-methyl/N-ethyl adjacent to an activating group) is 1. The molecule has 1 atom stereocenters. The second-order valence-electron chi connectivity index (χ2n) is 4.00. The maximum atomic E-state index is 9.73. The van der Waals surface area contributed by atoms with Gasteiger partial charge in [-0.25, -0.2) is 0 Å². The van der Waals surface area contributed by atoms with Crippen molar-refractivity contribution in [2.24, 2.45) is 5.73 Å². The van der Waals surface area contributed by atoms with Gasteiger partial charge >= 0.3 is 0 Å². The fourth-order valence-electron chi connectivity index (χ4n) is 1.44. The van der Waals surface area contributed by atoms with Gasteiger partial charge in [0.25, 0.3) is 0 Å². The fourth-order valence-corrected chi connectivity index (χ4v) is 1.44. The molecule has 1 aliphatic carbocycles. The highest BCUT2D eigenvalue weighted by atomic mass is 16.3. The molecule has 0 radical (unpaired) electrons. The van der Waals surface area contributed by atoms with Crippen LogP contribution in [0.4, 0.5) is 0 Å². The molecule has 0 aromatic carbocycles. The predicted octanol–water partition coefficient (Wildman–Crippen LogP) is 0.180. The van der Waals surface area contributed by atoms with Crippen LogP contribution in [0.3, 0.4) is 0 Å². The van der Waals surface area contributed by atoms with Crippen LogP contribution in [-0.2, 0) is 0 Å². The summed E-state index contributed by atoms with van der Waals surface area (Å²) in [7, 11) is 0. The number of hydrogen-bond donors (Lipinski definition) is 2. The van der Waals surface area contributed by atoms with E-state index >= 15 is 0 Å². The quantitative estimate of drug-likeness (QED) is 0.622. The standard InChI is InChI=1S/C9H20N2O/c1-3-11(8-4-5-8)7-9(2,12)6-10/h8,12H,3-7,10H2,1-2H3. The van der Waals surface area contributed by atoms with Crippen LogP contribution in [-0.4, -0.2) is 41.3 Å². The summed E-state index contributed by atoms with van der Waals surface area (Å²) in [4.78, 5) is 2.31. The average Bonchev–Trinajstić information content (AvgIpc) is 2.83. The number of rotatable bonds is 5. The van der Waals surface area contributed by atoms with E-state index in [1.165, 1.54) is 12.8 Å². The van der Waals surface area contributed by atoms with E-state index in [1.807, 2.05) is 0 Å². The molecule has 0 spiro atoms. The molecule has 0 aromatic heterocycles. The van der Waals surface area contributed by atoms with Crippen LogP contribution in [0.2, 0.25) is 0 Å². The summed E-state index contributed by atoms with van der Waals surface area (Å²) >= 11 is 0. The zero-order valence-corrected chi connectivity index (χ0v) is 8.08. The van der Waals surface area contributed by atoms with E-state index in [0.29, 0.717) is 19.1 Å². The molecule has 1 rings (SSSR count). The second kappa shape index (κ2) is 3.73. The minimum absolute atomic E-state index is 0.343. The Hall–Kier alpha value is -0.120. The zero-order chi connectivity index (χ0) is 9.19. The Morgan fingerprint density at radius 2 is 2.17 bits per heavy atom. The highest BCUT2D eigenvalue weighted by molar-refractivity contribution is 4.88. The van der Waals surface area contributed by atoms with Crippen molar-refractivity contribution in [2.75, 3.05) is 19.6 Å². The molecule has 3 heteroatoms. The van der Waals surface area contributed by atoms with Crippen molar-refractivity contribution in [3.63, 3.8) is 0 Å². The molecule has 3 nitrogen and oxygen atoms in total. The van der Waals surface area contributed by atoms with Gasteiger partial charge in [-0.2, -0.15) is 0 Å². The summed E-state index contributed by atoms with van der Waals surface area (Å²) in [5.74, 6) is 0. The van der Waals surface area contributed by atoms with Crippen molar-refractivity contribution in [1.29, 1.82) is 0 Å². The summed E-state index contributed by atoms with van der Waals surface area (Å²) in [6, 6.07) is 0.716. The lowest BCUT2D eigenvalue weighted by atomic mass is 10.1. The van der Waals surface area contributed by atoms with Crippen molar-refractivity contribution < 1.29 is 5.11 Å². The summed E-state index contributed by atoms with van der Waals surface area (Å²) in [6.45, 7) is 6.00. The Morgan fingerprint density at radius 1 is 1.58 bits per heavy atom. The molecular weight excluding hydrogens is 152 g/mol. The molecule has 12 heavy (non-hydrogen) atoms. The van der Waals surface area contributed by atoms with Crippen LogP contribution in [0.25, 0.3) is 0 Å². The molecule has 0 heterocycles. The first-order valence-corrected chi connectivity index (χ1v) is 4.75. The van der Waals surface area contributed by atoms with Gasteiger partial charge in [0.2, 0.25) is 0 Å². The van der Waals surface area contributed by atoms with Gasteiger partial charge in [0.1, 0.15) is 0 Å². The van der Waals surface area contributed by atoms with E-state index in [2.05, 4.69) is 11.8 Å². The Bertz CT molecular complexity index is 143. The van der Waals surface area contributed by atoms with Gasteiger partial charge in [0.05, 0.1) is 5.60 Å². The molecule has 0 aliphatic heterocycles. The number of hydrogen-bond acceptors (Lipinski definition) is 3. The zero-order valence-electron chi connectivity index (χ0n) is 8.08. The average molecular weight is 172 g/mol. The van der Waals surface area contributed by atoms with E-state index in [9.17, 15) is 5.11 Å². The first-order valence-electron chi connectivity index (χ1n) is 4.75. The van der Waals surface area contributed by atoms with Crippen molar-refractivity contribution in [1.82, 2.24) is 4.90 Å². The summed E-state index contributed by atoms with van der Waals surface area (Å²) in [6.07, 6.45) is 2.57. The van der Waals surface area contributed by atoms with E-state index in [4.69, 9.17) is 5.73 Å². The lowest BCUT2D eigenvalue weighted by Crippen LogP contribution is -2.46. The molecule has 1 fully saturated rings. The second-order valence-corrected chi connectivity index (χ2v) is 4.00. The van der Waals surface area contributed by atoms with Gasteiger partial charge in [-0.15, -0.1) is 0 Å². The van der Waals surface area contributed by atoms with Crippen LogP contribution in [0.5, 0.6) is 0 Å². The van der Waals surface area contributed by atoms with Crippen molar-refractivity contribution >= 4 is 0 Å². The van der Waals surface area contributed by atoms with Crippen LogP contribution in [0, 0.1) is 0 Å². The van der Waals surface area contributed by atoms with Gasteiger partial charge in [0, 0.05) is 19.1 Å². The fraction of sp³-hybridized carbons (Fsp3) is 1.00. The molecule has 1 aliphatic rings. The lowest BCUT2D eigenvalue weighted by molar-refractivity contribution is 0.0263. The normalized spacial score (nSPS) is 22.8. The Labute approximate surface area is 74.5 Å². The largest absolute Gasteiger partial charge is 0.388 e. The van der Waals surface area contributed by atoms with Gasteiger partial charge in [-0.1, -0.05) is 6.92 Å². The van der Waals surface area contributed by atoms with Crippen LogP contribution < -0.4 is 5.73 Å². The number of aliphatic hydroxyl groups is 1. The van der Waals surface area contributed by atoms with Crippen molar-refractivity contribution in [2.45, 2.75) is 38.3 Å². The first-order chi connectivity index (χ1) is 5.59. The van der Waals surface area contributed by atoms with Crippen LogP contribution in [0.1, 0.15) is 26.7 Å². The molecule has 1 saturated carbocycles. The van der Waals surface area contributed by atoms with E-state index in [1.54, 1.807) is 6.92 Å². The summed E-state index contributed by atoms with van der Waals surface area (Å²) < 4.78 is 0. The van der Waals surface area contributed by atoms with Gasteiger partial charge < -0.3 is 10.8 Å². The van der Waals surface area contributed by atoms with Crippen LogP contribution >= 0.6 is 0 Å². The van der Waals surface area contributed by atoms with E-state index in [-0.39, 0.29) is 0 Å². The van der Waals surface area contributed by atoms with Gasteiger partial charge in [-0.3, -0.25) is 4.90 Å². The third-order valence-corrected chi connectivity index (χ3v) is 2.45. The molecule has 0 amide bonds. The maximum Gasteiger partial charge on any atom is 0.0867 e. The molecule has 1 unspecified atom stereocenters. The van der Waals surface area contributed by atoms with Crippen LogP contribution in [0.15, 0.2) is 0 Å². The maximum absolute atomic E-state index is 9.73. The minimum Gasteiger partial charge on any atom is -0.388 e. The molecular formula is C9H20N2O. The highest BCUT2D eigenvalue weighted by Gasteiger charge is 2.32. The topological polar surface area (TPSA) is 49.5 Å². The van der Waals surface area contributed by atoms with Gasteiger partial charge in [0.15, 0.2) is 0 Å². The van der Waals surface area contributed by atoms with Gasteiger partial charge in [-0.05, 0) is 26.3 Å². The Morgan fingerprint density at radius 3 is 2.50 bits per heavy atom. The number of nitrogens with two attached hydrogens (primary N) is 1. The first kappa shape index (κ1) is 9.96.